The average Bonchev–Trinajstić information content (AvgIpc) is 2.66. The third-order valence-electron chi connectivity index (χ3n) is 4.82. The largest absolute Gasteiger partial charge is 0.312 e. The van der Waals surface area contributed by atoms with Gasteiger partial charge in [0, 0.05) is 25.2 Å². The van der Waals surface area contributed by atoms with Gasteiger partial charge in [0.1, 0.15) is 0 Å². The molecule has 1 aliphatic rings. The average molecular weight is 289 g/mol. The van der Waals surface area contributed by atoms with E-state index in [4.69, 9.17) is 0 Å². The Kier molecular flexibility index (Phi) is 6.22. The van der Waals surface area contributed by atoms with Crippen molar-refractivity contribution in [2.45, 2.75) is 38.8 Å². The SMILES string of the molecule is CCC1CN(C)CCCN1CC(NC)c1ccccc1C. The summed E-state index contributed by atoms with van der Waals surface area (Å²) in [6.07, 6.45) is 2.51. The Morgan fingerprint density at radius 1 is 1.29 bits per heavy atom. The molecule has 1 saturated heterocycles. The zero-order valence-electron chi connectivity index (χ0n) is 14.1. The molecular formula is C18H31N3. The monoisotopic (exact) mass is 289 g/mol. The Morgan fingerprint density at radius 2 is 2.05 bits per heavy atom. The van der Waals surface area contributed by atoms with Crippen molar-refractivity contribution in [3.63, 3.8) is 0 Å². The van der Waals surface area contributed by atoms with Gasteiger partial charge in [-0.1, -0.05) is 31.2 Å². The Balaban J connectivity index is 2.11. The van der Waals surface area contributed by atoms with Gasteiger partial charge in [-0.15, -0.1) is 0 Å². The molecule has 2 unspecified atom stereocenters. The first kappa shape index (κ1) is 16.5. The predicted molar refractivity (Wildman–Crippen MR) is 90.7 cm³/mol. The van der Waals surface area contributed by atoms with Crippen molar-refractivity contribution < 1.29 is 0 Å². The van der Waals surface area contributed by atoms with Gasteiger partial charge in [-0.2, -0.15) is 0 Å². The fraction of sp³-hybridized carbons (Fsp3) is 0.667. The molecule has 0 spiro atoms. The third-order valence-corrected chi connectivity index (χ3v) is 4.82. The van der Waals surface area contributed by atoms with Gasteiger partial charge in [-0.25, -0.2) is 0 Å². The minimum absolute atomic E-state index is 0.420. The summed E-state index contributed by atoms with van der Waals surface area (Å²) in [6, 6.07) is 9.86. The van der Waals surface area contributed by atoms with E-state index in [2.05, 4.69) is 67.3 Å². The van der Waals surface area contributed by atoms with Crippen LogP contribution in [0, 0.1) is 6.92 Å². The minimum Gasteiger partial charge on any atom is -0.312 e. The lowest BCUT2D eigenvalue weighted by atomic mass is 10.00. The van der Waals surface area contributed by atoms with Crippen LogP contribution in [-0.2, 0) is 0 Å². The van der Waals surface area contributed by atoms with Crippen LogP contribution in [0.2, 0.25) is 0 Å². The normalized spacial score (nSPS) is 23.0. The van der Waals surface area contributed by atoms with Crippen LogP contribution in [0.15, 0.2) is 24.3 Å². The molecule has 1 N–H and O–H groups in total. The van der Waals surface area contributed by atoms with E-state index in [-0.39, 0.29) is 0 Å². The van der Waals surface area contributed by atoms with Gasteiger partial charge in [-0.05, 0) is 58.1 Å². The first-order valence-corrected chi connectivity index (χ1v) is 8.31. The molecule has 1 fully saturated rings. The second-order valence-electron chi connectivity index (χ2n) is 6.37. The zero-order valence-corrected chi connectivity index (χ0v) is 14.1. The number of hydrogen-bond donors (Lipinski definition) is 1. The lowest BCUT2D eigenvalue weighted by Gasteiger charge is -2.33. The van der Waals surface area contributed by atoms with E-state index < -0.39 is 0 Å². The number of nitrogens with one attached hydrogen (secondary N) is 1. The van der Waals surface area contributed by atoms with Gasteiger partial charge in [-0.3, -0.25) is 4.90 Å². The van der Waals surface area contributed by atoms with E-state index in [1.54, 1.807) is 0 Å². The lowest BCUT2D eigenvalue weighted by molar-refractivity contribution is 0.168. The fourth-order valence-corrected chi connectivity index (χ4v) is 3.48. The van der Waals surface area contributed by atoms with E-state index in [9.17, 15) is 0 Å². The summed E-state index contributed by atoms with van der Waals surface area (Å²) in [5.41, 5.74) is 2.82. The molecule has 1 aromatic carbocycles. The Labute approximate surface area is 130 Å². The van der Waals surface area contributed by atoms with Crippen molar-refractivity contribution in [3.8, 4) is 0 Å². The van der Waals surface area contributed by atoms with Crippen molar-refractivity contribution >= 4 is 0 Å². The van der Waals surface area contributed by atoms with E-state index in [1.807, 2.05) is 0 Å². The summed E-state index contributed by atoms with van der Waals surface area (Å²) < 4.78 is 0. The highest BCUT2D eigenvalue weighted by molar-refractivity contribution is 5.29. The van der Waals surface area contributed by atoms with Gasteiger partial charge in [0.05, 0.1) is 0 Å². The van der Waals surface area contributed by atoms with Crippen molar-refractivity contribution in [3.05, 3.63) is 35.4 Å². The molecule has 118 valence electrons. The van der Waals surface area contributed by atoms with Crippen LogP contribution in [0.1, 0.15) is 36.9 Å². The van der Waals surface area contributed by atoms with Crippen LogP contribution < -0.4 is 5.32 Å². The number of rotatable bonds is 5. The molecule has 0 aliphatic carbocycles. The third kappa shape index (κ3) is 4.29. The summed E-state index contributed by atoms with van der Waals surface area (Å²) in [7, 11) is 4.34. The first-order valence-electron chi connectivity index (χ1n) is 8.31. The van der Waals surface area contributed by atoms with Gasteiger partial charge in [0.15, 0.2) is 0 Å². The molecule has 21 heavy (non-hydrogen) atoms. The van der Waals surface area contributed by atoms with Gasteiger partial charge in [0.2, 0.25) is 0 Å². The molecule has 1 aliphatic heterocycles. The van der Waals surface area contributed by atoms with Crippen molar-refractivity contribution in [1.29, 1.82) is 0 Å². The minimum atomic E-state index is 0.420. The number of benzene rings is 1. The van der Waals surface area contributed by atoms with E-state index in [0.29, 0.717) is 12.1 Å². The summed E-state index contributed by atoms with van der Waals surface area (Å²) in [4.78, 5) is 5.17. The van der Waals surface area contributed by atoms with Crippen LogP contribution in [0.5, 0.6) is 0 Å². The van der Waals surface area contributed by atoms with E-state index in [1.165, 1.54) is 43.6 Å². The Morgan fingerprint density at radius 3 is 2.71 bits per heavy atom. The molecule has 0 aromatic heterocycles. The highest BCUT2D eigenvalue weighted by atomic mass is 15.2. The van der Waals surface area contributed by atoms with Gasteiger partial charge < -0.3 is 10.2 Å². The smallest absolute Gasteiger partial charge is 0.0449 e. The van der Waals surface area contributed by atoms with Gasteiger partial charge in [0.25, 0.3) is 0 Å². The number of hydrogen-bond acceptors (Lipinski definition) is 3. The van der Waals surface area contributed by atoms with Crippen LogP contribution in [0.25, 0.3) is 0 Å². The second kappa shape index (κ2) is 7.92. The second-order valence-corrected chi connectivity index (χ2v) is 6.37. The molecular weight excluding hydrogens is 258 g/mol. The summed E-state index contributed by atoms with van der Waals surface area (Å²) in [6.45, 7) is 9.27. The molecule has 3 heteroatoms. The molecule has 0 bridgehead atoms. The molecule has 3 nitrogen and oxygen atoms in total. The van der Waals surface area contributed by atoms with E-state index >= 15 is 0 Å². The molecule has 1 aromatic rings. The Hall–Kier alpha value is -0.900. The molecule has 1 heterocycles. The molecule has 0 saturated carbocycles. The number of aryl methyl sites for hydroxylation is 1. The maximum atomic E-state index is 3.53. The van der Waals surface area contributed by atoms with Crippen LogP contribution in [0.3, 0.4) is 0 Å². The van der Waals surface area contributed by atoms with Crippen molar-refractivity contribution in [2.75, 3.05) is 40.3 Å². The maximum absolute atomic E-state index is 3.53. The maximum Gasteiger partial charge on any atom is 0.0449 e. The quantitative estimate of drug-likeness (QED) is 0.899. The Bertz CT molecular complexity index is 432. The van der Waals surface area contributed by atoms with Gasteiger partial charge >= 0.3 is 0 Å². The predicted octanol–water partition coefficient (Wildman–Crippen LogP) is 2.67. The van der Waals surface area contributed by atoms with Crippen LogP contribution >= 0.6 is 0 Å². The summed E-state index contributed by atoms with van der Waals surface area (Å²) in [5, 5.41) is 3.53. The standard InChI is InChI=1S/C18H31N3/c1-5-16-13-20(4)11-8-12-21(16)14-18(19-3)17-10-7-6-9-15(17)2/h6-7,9-10,16,18-19H,5,8,11-14H2,1-4H3. The molecule has 2 atom stereocenters. The summed E-state index contributed by atoms with van der Waals surface area (Å²) >= 11 is 0. The highest BCUT2D eigenvalue weighted by Crippen LogP contribution is 2.21. The lowest BCUT2D eigenvalue weighted by Crippen LogP contribution is -2.43. The molecule has 2 rings (SSSR count). The molecule has 0 amide bonds. The number of nitrogens with zero attached hydrogens (tertiary/aromatic N) is 2. The van der Waals surface area contributed by atoms with Crippen molar-refractivity contribution in [2.24, 2.45) is 0 Å². The molecule has 0 radical (unpaired) electrons. The fourth-order valence-electron chi connectivity index (χ4n) is 3.48. The van der Waals surface area contributed by atoms with Crippen LogP contribution in [-0.4, -0.2) is 56.1 Å². The highest BCUT2D eigenvalue weighted by Gasteiger charge is 2.24. The zero-order chi connectivity index (χ0) is 15.2. The summed E-state index contributed by atoms with van der Waals surface area (Å²) in [5.74, 6) is 0. The van der Waals surface area contributed by atoms with E-state index in [0.717, 1.165) is 6.54 Å². The first-order chi connectivity index (χ1) is 10.2. The van der Waals surface area contributed by atoms with Crippen molar-refractivity contribution in [1.82, 2.24) is 15.1 Å². The number of likely N-dealkylation sites (N-methyl/N-ethyl adjacent to an activating group) is 2. The topological polar surface area (TPSA) is 18.5 Å². The van der Waals surface area contributed by atoms with Crippen LogP contribution in [0.4, 0.5) is 0 Å².